The normalized spacial score (nSPS) is 8.33. The molecule has 0 nitrogen and oxygen atoms in total. The summed E-state index contributed by atoms with van der Waals surface area (Å²) in [5, 5.41) is 0. The van der Waals surface area contributed by atoms with Crippen LogP contribution in [-0.4, -0.2) is 0 Å². The van der Waals surface area contributed by atoms with Crippen molar-refractivity contribution < 1.29 is 17.3 Å². The minimum atomic E-state index is 0.847. The second-order valence-corrected chi connectivity index (χ2v) is 2.41. The van der Waals surface area contributed by atoms with Gasteiger partial charge in [0.25, 0.3) is 0 Å². The fourth-order valence-corrected chi connectivity index (χ4v) is 0.934. The number of hydrogen-bond acceptors (Lipinski definition) is 0. The van der Waals surface area contributed by atoms with E-state index in [1.54, 1.807) is 0 Å². The molecule has 0 atom stereocenters. The van der Waals surface area contributed by atoms with Crippen molar-refractivity contribution in [3.8, 4) is 0 Å². The Morgan fingerprint density at radius 1 is 1.50 bits per heavy atom. The van der Waals surface area contributed by atoms with Crippen LogP contribution in [0.3, 0.4) is 0 Å². The zero-order chi connectivity index (χ0) is 9.56. The molecule has 0 unspecified atom stereocenters. The van der Waals surface area contributed by atoms with E-state index in [0.29, 0.717) is 0 Å². The van der Waals surface area contributed by atoms with Crippen LogP contribution in [0.2, 0.25) is 0 Å². The Hall–Kier alpha value is -0.257. The van der Waals surface area contributed by atoms with E-state index in [9.17, 15) is 0 Å². The van der Waals surface area contributed by atoms with Crippen LogP contribution in [0, 0.1) is 13.8 Å². The molecular formula is C10H11ClZn. The van der Waals surface area contributed by atoms with E-state index in [1.807, 2.05) is 12.1 Å². The molecule has 0 aliphatic rings. The molecule has 1 aromatic carbocycles. The van der Waals surface area contributed by atoms with Crippen molar-refractivity contribution in [2.24, 2.45) is 0 Å². The van der Waals surface area contributed by atoms with E-state index in [-0.39, 0.29) is 0 Å². The Bertz CT molecular complexity index is 256. The van der Waals surface area contributed by atoms with Crippen molar-refractivity contribution in [2.75, 3.05) is 0 Å². The summed E-state index contributed by atoms with van der Waals surface area (Å²) in [6, 6.07) is 6.15. The average Bonchev–Trinajstić information content (AvgIpc) is 2.08. The number of benzene rings is 1. The van der Waals surface area contributed by atoms with Crippen LogP contribution in [0.5, 0.6) is 0 Å². The molecule has 0 saturated carbocycles. The summed E-state index contributed by atoms with van der Waals surface area (Å²) in [6.07, 6.45) is 1.82. The van der Waals surface area contributed by atoms with Crippen LogP contribution in [0.25, 0.3) is 6.08 Å². The average molecular weight is 232 g/mol. The van der Waals surface area contributed by atoms with Gasteiger partial charge in [-0.2, -0.15) is 18.6 Å². The summed E-state index contributed by atoms with van der Waals surface area (Å²) in [7, 11) is 4.76. The molecule has 0 amide bonds. The Morgan fingerprint density at radius 2 is 2.08 bits per heavy atom. The first kappa shape index (κ1) is 11.7. The predicted molar refractivity (Wildman–Crippen MR) is 51.6 cm³/mol. The van der Waals surface area contributed by atoms with Gasteiger partial charge in [-0.05, 0) is 0 Å². The molecule has 12 heavy (non-hydrogen) atoms. The molecule has 2 heteroatoms. The van der Waals surface area contributed by atoms with Crippen molar-refractivity contribution in [1.29, 1.82) is 0 Å². The van der Waals surface area contributed by atoms with Gasteiger partial charge in [0, 0.05) is 0 Å². The summed E-state index contributed by atoms with van der Waals surface area (Å²) in [6.45, 7) is 9.62. The Balaban J connectivity index is 0.000000561. The third kappa shape index (κ3) is 3.43. The van der Waals surface area contributed by atoms with Gasteiger partial charge in [0.15, 0.2) is 0 Å². The summed E-state index contributed by atoms with van der Waals surface area (Å²) in [4.78, 5) is 0. The molecule has 0 aliphatic heterocycles. The number of aryl methyl sites for hydroxylation is 1. The van der Waals surface area contributed by atoms with Crippen molar-refractivity contribution in [2.45, 2.75) is 6.92 Å². The first-order valence-electron chi connectivity index (χ1n) is 3.56. The van der Waals surface area contributed by atoms with Crippen molar-refractivity contribution >= 4 is 15.8 Å². The molecule has 0 bridgehead atoms. The van der Waals surface area contributed by atoms with E-state index >= 15 is 0 Å². The topological polar surface area (TPSA) is 0 Å². The van der Waals surface area contributed by atoms with Gasteiger partial charge in [-0.15, -0.1) is 29.8 Å². The molecule has 1 aromatic rings. The molecule has 0 aromatic heterocycles. The molecular weight excluding hydrogens is 221 g/mol. The van der Waals surface area contributed by atoms with E-state index < -0.39 is 0 Å². The van der Waals surface area contributed by atoms with Crippen molar-refractivity contribution in [3.63, 3.8) is 0 Å². The molecule has 0 spiro atoms. The molecule has 0 fully saturated rings. The summed E-state index contributed by atoms with van der Waals surface area (Å²) < 4.78 is 0. The quantitative estimate of drug-likeness (QED) is 0.513. The third-order valence-electron chi connectivity index (χ3n) is 1.52. The van der Waals surface area contributed by atoms with Crippen LogP contribution < -0.4 is 0 Å². The Morgan fingerprint density at radius 3 is 2.50 bits per heavy atom. The third-order valence-corrected chi connectivity index (χ3v) is 1.52. The number of rotatable bonds is 1. The molecule has 0 aliphatic carbocycles. The second kappa shape index (κ2) is 6.28. The summed E-state index contributed by atoms with van der Waals surface area (Å²) >= 11 is 0.847. The SMILES string of the molecule is C=Cc1ccc(C)cc1[CH2-].[Cl][Zn+]. The van der Waals surface area contributed by atoms with Crippen molar-refractivity contribution in [3.05, 3.63) is 48.4 Å². The van der Waals surface area contributed by atoms with Gasteiger partial charge in [-0.1, -0.05) is 13.0 Å². The van der Waals surface area contributed by atoms with E-state index in [2.05, 4.69) is 32.6 Å². The van der Waals surface area contributed by atoms with Gasteiger partial charge in [-0.25, -0.2) is 0 Å². The molecule has 0 radical (unpaired) electrons. The van der Waals surface area contributed by atoms with Crippen LogP contribution >= 0.6 is 9.69 Å². The minimum absolute atomic E-state index is 0.847. The maximum atomic E-state index is 4.76. The van der Waals surface area contributed by atoms with E-state index in [0.717, 1.165) is 28.4 Å². The zero-order valence-corrected chi connectivity index (χ0v) is 11.0. The molecule has 60 valence electrons. The van der Waals surface area contributed by atoms with Crippen LogP contribution in [0.15, 0.2) is 24.8 Å². The fraction of sp³-hybridized carbons (Fsp3) is 0.100. The first-order chi connectivity index (χ1) is 5.74. The first-order valence-corrected chi connectivity index (χ1v) is 7.45. The van der Waals surface area contributed by atoms with Crippen LogP contribution in [0.4, 0.5) is 0 Å². The van der Waals surface area contributed by atoms with Gasteiger partial charge in [0.2, 0.25) is 0 Å². The van der Waals surface area contributed by atoms with E-state index in [4.69, 9.17) is 9.69 Å². The molecule has 0 saturated heterocycles. The maximum absolute atomic E-state index is 4.76. The van der Waals surface area contributed by atoms with Gasteiger partial charge in [-0.3, -0.25) is 0 Å². The Labute approximate surface area is 88.4 Å². The van der Waals surface area contributed by atoms with Gasteiger partial charge < -0.3 is 0 Å². The summed E-state index contributed by atoms with van der Waals surface area (Å²) in [5.41, 5.74) is 3.41. The number of halogens is 1. The van der Waals surface area contributed by atoms with Crippen LogP contribution in [-0.2, 0) is 17.3 Å². The van der Waals surface area contributed by atoms with Crippen LogP contribution in [0.1, 0.15) is 16.7 Å². The molecule has 0 N–H and O–H groups in total. The fourth-order valence-electron chi connectivity index (χ4n) is 0.934. The molecule has 0 heterocycles. The van der Waals surface area contributed by atoms with Gasteiger partial charge in [0.05, 0.1) is 0 Å². The van der Waals surface area contributed by atoms with Gasteiger partial charge >= 0.3 is 27.0 Å². The van der Waals surface area contributed by atoms with E-state index in [1.165, 1.54) is 5.56 Å². The summed E-state index contributed by atoms with van der Waals surface area (Å²) in [5.74, 6) is 0. The van der Waals surface area contributed by atoms with Crippen molar-refractivity contribution in [1.82, 2.24) is 0 Å². The standard InChI is InChI=1S/C10H11.ClH.Zn/c1-4-10-6-5-8(2)7-9(10)3;;/h4-7H,1,3H2,2H3;1H;/q-1;;+2/p-1. The Kier molecular flexibility index (Phi) is 6.15. The molecule has 1 rings (SSSR count). The predicted octanol–water partition coefficient (Wildman–Crippen LogP) is 3.51. The second-order valence-electron chi connectivity index (χ2n) is 2.41. The monoisotopic (exact) mass is 230 g/mol. The zero-order valence-electron chi connectivity index (χ0n) is 7.31. The number of hydrogen-bond donors (Lipinski definition) is 0. The van der Waals surface area contributed by atoms with Gasteiger partial charge in [0.1, 0.15) is 0 Å².